The first-order valence-corrected chi connectivity index (χ1v) is 8.32. The van der Waals surface area contributed by atoms with E-state index in [4.69, 9.17) is 5.73 Å². The van der Waals surface area contributed by atoms with Crippen LogP contribution in [-0.4, -0.2) is 58.9 Å². The van der Waals surface area contributed by atoms with Crippen molar-refractivity contribution >= 4 is 30.3 Å². The third kappa shape index (κ3) is 3.11. The van der Waals surface area contributed by atoms with Crippen LogP contribution < -0.4 is 11.1 Å². The molecule has 3 N–H and O–H groups in total. The van der Waals surface area contributed by atoms with Gasteiger partial charge in [0.1, 0.15) is 12.1 Å². The monoisotopic (exact) mass is 358 g/mol. The van der Waals surface area contributed by atoms with Gasteiger partial charge < -0.3 is 16.0 Å². The first-order chi connectivity index (χ1) is 10.6. The molecule has 0 radical (unpaired) electrons. The summed E-state index contributed by atoms with van der Waals surface area (Å²) in [6.07, 6.45) is 2.63. The molecule has 2 unspecified atom stereocenters. The number of urea groups is 1. The maximum absolute atomic E-state index is 12.6. The lowest BCUT2D eigenvalue weighted by Crippen LogP contribution is -2.56. The number of hydrogen-bond donors (Lipinski definition) is 2. The predicted octanol–water partition coefficient (Wildman–Crippen LogP) is 0.715. The van der Waals surface area contributed by atoms with Crippen molar-refractivity contribution in [3.05, 3.63) is 0 Å². The van der Waals surface area contributed by atoms with Crippen LogP contribution in [0.15, 0.2) is 0 Å². The largest absolute Gasteiger partial charge is 0.340 e. The highest BCUT2D eigenvalue weighted by molar-refractivity contribution is 6.09. The molecule has 0 aromatic heterocycles. The van der Waals surface area contributed by atoms with Crippen LogP contribution in [0.3, 0.4) is 0 Å². The SMILES string of the molecule is CC1(C)CN(C(=O)CN2C(=O)NC(C)(C3CC3)C2=O)CCC1N.Cl. The van der Waals surface area contributed by atoms with Gasteiger partial charge >= 0.3 is 6.03 Å². The van der Waals surface area contributed by atoms with Crippen LogP contribution in [0, 0.1) is 11.3 Å². The summed E-state index contributed by atoms with van der Waals surface area (Å²) in [6, 6.07) is -0.396. The topological polar surface area (TPSA) is 95.7 Å². The number of likely N-dealkylation sites (tertiary alicyclic amines) is 1. The van der Waals surface area contributed by atoms with E-state index in [-0.39, 0.29) is 48.1 Å². The summed E-state index contributed by atoms with van der Waals surface area (Å²) in [6.45, 7) is 6.78. The zero-order chi connectivity index (χ0) is 17.0. The average molecular weight is 359 g/mol. The highest BCUT2D eigenvalue weighted by Crippen LogP contribution is 2.42. The molecule has 3 fully saturated rings. The lowest BCUT2D eigenvalue weighted by molar-refractivity contribution is -0.141. The van der Waals surface area contributed by atoms with Gasteiger partial charge in [-0.05, 0) is 37.5 Å². The van der Waals surface area contributed by atoms with Gasteiger partial charge in [-0.1, -0.05) is 13.8 Å². The summed E-state index contributed by atoms with van der Waals surface area (Å²) >= 11 is 0. The van der Waals surface area contributed by atoms with E-state index in [2.05, 4.69) is 5.32 Å². The van der Waals surface area contributed by atoms with Gasteiger partial charge in [-0.25, -0.2) is 4.79 Å². The number of piperidine rings is 1. The molecule has 0 aromatic rings. The van der Waals surface area contributed by atoms with Crippen LogP contribution in [0.25, 0.3) is 0 Å². The molecule has 8 heteroatoms. The van der Waals surface area contributed by atoms with Crippen LogP contribution in [0.4, 0.5) is 4.79 Å². The molecule has 0 aromatic carbocycles. The molecule has 2 aliphatic heterocycles. The summed E-state index contributed by atoms with van der Waals surface area (Å²) < 4.78 is 0. The number of carbonyl (C=O) groups excluding carboxylic acids is 3. The Morgan fingerprint density at radius 3 is 2.42 bits per heavy atom. The van der Waals surface area contributed by atoms with Crippen molar-refractivity contribution in [2.75, 3.05) is 19.6 Å². The molecule has 1 aliphatic carbocycles. The second kappa shape index (κ2) is 6.19. The second-order valence-electron chi connectivity index (χ2n) is 8.00. The van der Waals surface area contributed by atoms with Crippen LogP contribution >= 0.6 is 12.4 Å². The Labute approximate surface area is 148 Å². The molecular formula is C16H27ClN4O3. The van der Waals surface area contributed by atoms with E-state index in [1.54, 1.807) is 11.8 Å². The summed E-state index contributed by atoms with van der Waals surface area (Å²) in [5.41, 5.74) is 5.10. The van der Waals surface area contributed by atoms with E-state index in [0.29, 0.717) is 13.1 Å². The zero-order valence-corrected chi connectivity index (χ0v) is 15.3. The number of imide groups is 1. The summed E-state index contributed by atoms with van der Waals surface area (Å²) in [5.74, 6) is -0.259. The van der Waals surface area contributed by atoms with Crippen LogP contribution in [0.1, 0.15) is 40.0 Å². The summed E-state index contributed by atoms with van der Waals surface area (Å²) in [5, 5.41) is 2.77. The van der Waals surface area contributed by atoms with Crippen molar-refractivity contribution in [3.8, 4) is 0 Å². The molecule has 4 amide bonds. The number of rotatable bonds is 3. The molecule has 2 heterocycles. The number of amides is 4. The quantitative estimate of drug-likeness (QED) is 0.726. The van der Waals surface area contributed by atoms with Crippen LogP contribution in [-0.2, 0) is 9.59 Å². The Kier molecular flexibility index (Phi) is 4.89. The molecule has 2 saturated heterocycles. The number of nitrogens with two attached hydrogens (primary N) is 1. The minimum absolute atomic E-state index is 0. The van der Waals surface area contributed by atoms with Gasteiger partial charge in [0.2, 0.25) is 5.91 Å². The Morgan fingerprint density at radius 1 is 1.25 bits per heavy atom. The second-order valence-corrected chi connectivity index (χ2v) is 8.00. The van der Waals surface area contributed by atoms with Gasteiger partial charge in [0.05, 0.1) is 0 Å². The number of nitrogens with zero attached hydrogens (tertiary/aromatic N) is 2. The molecule has 3 rings (SSSR count). The fourth-order valence-electron chi connectivity index (χ4n) is 3.62. The van der Waals surface area contributed by atoms with Crippen LogP contribution in [0.5, 0.6) is 0 Å². The van der Waals surface area contributed by atoms with E-state index in [0.717, 1.165) is 24.2 Å². The fraction of sp³-hybridized carbons (Fsp3) is 0.812. The molecular weight excluding hydrogens is 332 g/mol. The molecule has 136 valence electrons. The number of nitrogens with one attached hydrogen (secondary N) is 1. The smallest absolute Gasteiger partial charge is 0.325 e. The van der Waals surface area contributed by atoms with Gasteiger partial charge in [-0.2, -0.15) is 0 Å². The minimum atomic E-state index is -0.832. The minimum Gasteiger partial charge on any atom is -0.340 e. The average Bonchev–Trinajstić information content (AvgIpc) is 3.28. The standard InChI is InChI=1S/C16H26N4O3.ClH/c1-15(2)9-19(7-6-11(15)17)12(21)8-20-13(22)16(3,10-4-5-10)18-14(20)23;/h10-11H,4-9,17H2,1-3H3,(H,18,23);1H. The van der Waals surface area contributed by atoms with Gasteiger partial charge in [0.25, 0.3) is 5.91 Å². The number of hydrogen-bond acceptors (Lipinski definition) is 4. The van der Waals surface area contributed by atoms with Crippen molar-refractivity contribution in [1.82, 2.24) is 15.1 Å². The van der Waals surface area contributed by atoms with Gasteiger partial charge in [-0.15, -0.1) is 12.4 Å². The Balaban J connectivity index is 0.00000208. The van der Waals surface area contributed by atoms with E-state index >= 15 is 0 Å². The van der Waals surface area contributed by atoms with Crippen LogP contribution in [0.2, 0.25) is 0 Å². The summed E-state index contributed by atoms with van der Waals surface area (Å²) in [7, 11) is 0. The highest BCUT2D eigenvalue weighted by atomic mass is 35.5. The van der Waals surface area contributed by atoms with Crippen molar-refractivity contribution in [2.45, 2.75) is 51.6 Å². The Hall–Kier alpha value is -1.34. The van der Waals surface area contributed by atoms with Crippen molar-refractivity contribution in [3.63, 3.8) is 0 Å². The number of halogens is 1. The maximum atomic E-state index is 12.6. The normalized spacial score (nSPS) is 32.4. The molecule has 2 atom stereocenters. The lowest BCUT2D eigenvalue weighted by Gasteiger charge is -2.42. The van der Waals surface area contributed by atoms with Crippen molar-refractivity contribution in [2.24, 2.45) is 17.1 Å². The van der Waals surface area contributed by atoms with E-state index in [9.17, 15) is 14.4 Å². The Bertz CT molecular complexity index is 564. The van der Waals surface area contributed by atoms with Gasteiger partial charge in [0.15, 0.2) is 0 Å². The molecule has 24 heavy (non-hydrogen) atoms. The maximum Gasteiger partial charge on any atom is 0.325 e. The Morgan fingerprint density at radius 2 is 1.88 bits per heavy atom. The fourth-order valence-corrected chi connectivity index (χ4v) is 3.62. The number of carbonyl (C=O) groups is 3. The van der Waals surface area contributed by atoms with Crippen molar-refractivity contribution < 1.29 is 14.4 Å². The molecule has 0 spiro atoms. The van der Waals surface area contributed by atoms with Gasteiger partial charge in [-0.3, -0.25) is 14.5 Å². The first kappa shape index (κ1) is 19.0. The zero-order valence-electron chi connectivity index (χ0n) is 14.5. The third-order valence-corrected chi connectivity index (χ3v) is 5.65. The molecule has 3 aliphatic rings. The van der Waals surface area contributed by atoms with Crippen molar-refractivity contribution in [1.29, 1.82) is 0 Å². The highest BCUT2D eigenvalue weighted by Gasteiger charge is 2.56. The van der Waals surface area contributed by atoms with Gasteiger partial charge in [0, 0.05) is 19.1 Å². The molecule has 7 nitrogen and oxygen atoms in total. The predicted molar refractivity (Wildman–Crippen MR) is 91.6 cm³/mol. The molecule has 0 bridgehead atoms. The molecule has 1 saturated carbocycles. The van der Waals surface area contributed by atoms with E-state index in [1.165, 1.54) is 0 Å². The van der Waals surface area contributed by atoms with E-state index in [1.807, 2.05) is 13.8 Å². The van der Waals surface area contributed by atoms with E-state index < -0.39 is 11.6 Å². The summed E-state index contributed by atoms with van der Waals surface area (Å²) in [4.78, 5) is 40.0. The first-order valence-electron chi connectivity index (χ1n) is 8.32. The third-order valence-electron chi connectivity index (χ3n) is 5.65. The lowest BCUT2D eigenvalue weighted by atomic mass is 9.79.